The summed E-state index contributed by atoms with van der Waals surface area (Å²) in [6.07, 6.45) is 3.52. The van der Waals surface area contributed by atoms with Gasteiger partial charge in [-0.3, -0.25) is 10.1 Å². The Morgan fingerprint density at radius 1 is 1.33 bits per heavy atom. The largest absolute Gasteiger partial charge is 0.381 e. The Bertz CT molecular complexity index is 656. The number of rotatable bonds is 4. The quantitative estimate of drug-likeness (QED) is 0.686. The van der Waals surface area contributed by atoms with Gasteiger partial charge in [0.25, 0.3) is 5.69 Å². The summed E-state index contributed by atoms with van der Waals surface area (Å²) in [5, 5.41) is 14.9. The van der Waals surface area contributed by atoms with Crippen LogP contribution in [0.15, 0.2) is 24.5 Å². The molecule has 7 heteroatoms. The van der Waals surface area contributed by atoms with Gasteiger partial charge in [0.1, 0.15) is 12.1 Å². The van der Waals surface area contributed by atoms with Crippen molar-refractivity contribution in [2.75, 3.05) is 25.1 Å². The fourth-order valence-electron chi connectivity index (χ4n) is 2.49. The third-order valence-corrected chi connectivity index (χ3v) is 3.73. The number of non-ortho nitro benzene ring substituents is 1. The van der Waals surface area contributed by atoms with Gasteiger partial charge in [-0.1, -0.05) is 0 Å². The number of benzene rings is 1. The van der Waals surface area contributed by atoms with Crippen LogP contribution in [0.25, 0.3) is 10.9 Å². The van der Waals surface area contributed by atoms with E-state index in [2.05, 4.69) is 15.3 Å². The van der Waals surface area contributed by atoms with Gasteiger partial charge < -0.3 is 10.1 Å². The second-order valence-corrected chi connectivity index (χ2v) is 5.12. The Kier molecular flexibility index (Phi) is 3.92. The number of nitrogens with one attached hydrogen (secondary N) is 1. The molecule has 3 rings (SSSR count). The summed E-state index contributed by atoms with van der Waals surface area (Å²) in [4.78, 5) is 18.8. The lowest BCUT2D eigenvalue weighted by atomic mass is 10.0. The molecule has 0 unspecified atom stereocenters. The van der Waals surface area contributed by atoms with Gasteiger partial charge in [-0.2, -0.15) is 0 Å². The van der Waals surface area contributed by atoms with E-state index in [1.54, 1.807) is 6.07 Å². The number of nitrogens with zero attached hydrogens (tertiary/aromatic N) is 3. The maximum absolute atomic E-state index is 10.9. The van der Waals surface area contributed by atoms with Crippen molar-refractivity contribution in [3.8, 4) is 0 Å². The van der Waals surface area contributed by atoms with Crippen LogP contribution in [0.1, 0.15) is 12.8 Å². The molecule has 1 aromatic carbocycles. The molecule has 2 aromatic rings. The minimum Gasteiger partial charge on any atom is -0.381 e. The summed E-state index contributed by atoms with van der Waals surface area (Å²) >= 11 is 0. The van der Waals surface area contributed by atoms with E-state index in [-0.39, 0.29) is 5.69 Å². The summed E-state index contributed by atoms with van der Waals surface area (Å²) < 4.78 is 5.34. The average molecular weight is 288 g/mol. The zero-order chi connectivity index (χ0) is 14.7. The number of anilines is 1. The maximum Gasteiger partial charge on any atom is 0.270 e. The molecule has 110 valence electrons. The van der Waals surface area contributed by atoms with Gasteiger partial charge in [0, 0.05) is 37.3 Å². The number of aromatic nitrogens is 2. The Labute approximate surface area is 121 Å². The second kappa shape index (κ2) is 6.01. The SMILES string of the molecule is O=[N+]([O-])c1ccc2ncnc(NCC3CCOCC3)c2c1. The highest BCUT2D eigenvalue weighted by atomic mass is 16.6. The first-order chi connectivity index (χ1) is 10.2. The molecule has 0 amide bonds. The van der Waals surface area contributed by atoms with Gasteiger partial charge in [0.2, 0.25) is 0 Å². The standard InChI is InChI=1S/C14H16N4O3/c19-18(20)11-1-2-13-12(7-11)14(17-9-16-13)15-8-10-3-5-21-6-4-10/h1-2,7,9-10H,3-6,8H2,(H,15,16,17). The minimum atomic E-state index is -0.408. The van der Waals surface area contributed by atoms with E-state index in [9.17, 15) is 10.1 Å². The van der Waals surface area contributed by atoms with Gasteiger partial charge in [-0.05, 0) is 24.8 Å². The molecule has 1 saturated heterocycles. The Balaban J connectivity index is 1.83. The van der Waals surface area contributed by atoms with Crippen molar-refractivity contribution in [2.24, 2.45) is 5.92 Å². The van der Waals surface area contributed by atoms with Crippen LogP contribution in [0.4, 0.5) is 11.5 Å². The molecule has 1 aliphatic heterocycles. The van der Waals surface area contributed by atoms with Crippen molar-refractivity contribution in [1.82, 2.24) is 9.97 Å². The second-order valence-electron chi connectivity index (χ2n) is 5.12. The Morgan fingerprint density at radius 3 is 2.90 bits per heavy atom. The first-order valence-electron chi connectivity index (χ1n) is 6.95. The molecule has 0 atom stereocenters. The molecule has 21 heavy (non-hydrogen) atoms. The normalized spacial score (nSPS) is 16.0. The summed E-state index contributed by atoms with van der Waals surface area (Å²) in [6.45, 7) is 2.38. The predicted molar refractivity (Wildman–Crippen MR) is 78.2 cm³/mol. The molecule has 1 fully saturated rings. The molecular formula is C14H16N4O3. The van der Waals surface area contributed by atoms with E-state index in [1.807, 2.05) is 0 Å². The van der Waals surface area contributed by atoms with Crippen LogP contribution >= 0.6 is 0 Å². The summed E-state index contributed by atoms with van der Waals surface area (Å²) in [5.74, 6) is 1.19. The zero-order valence-electron chi connectivity index (χ0n) is 11.5. The molecule has 0 radical (unpaired) electrons. The smallest absolute Gasteiger partial charge is 0.270 e. The molecular weight excluding hydrogens is 272 g/mol. The van der Waals surface area contributed by atoms with E-state index >= 15 is 0 Å². The number of hydrogen-bond donors (Lipinski definition) is 1. The maximum atomic E-state index is 10.9. The van der Waals surface area contributed by atoms with Gasteiger partial charge in [0.15, 0.2) is 0 Å². The molecule has 1 aromatic heterocycles. The molecule has 2 heterocycles. The first-order valence-corrected chi connectivity index (χ1v) is 6.95. The lowest BCUT2D eigenvalue weighted by molar-refractivity contribution is -0.384. The van der Waals surface area contributed by atoms with Crippen molar-refractivity contribution in [3.63, 3.8) is 0 Å². The van der Waals surface area contributed by atoms with Crippen LogP contribution in [0.3, 0.4) is 0 Å². The van der Waals surface area contributed by atoms with E-state index in [0.29, 0.717) is 22.6 Å². The van der Waals surface area contributed by atoms with Crippen LogP contribution in [-0.2, 0) is 4.74 Å². The van der Waals surface area contributed by atoms with E-state index < -0.39 is 4.92 Å². The Morgan fingerprint density at radius 2 is 2.14 bits per heavy atom. The van der Waals surface area contributed by atoms with Crippen molar-refractivity contribution in [3.05, 3.63) is 34.6 Å². The van der Waals surface area contributed by atoms with Crippen LogP contribution < -0.4 is 5.32 Å². The third kappa shape index (κ3) is 3.08. The van der Waals surface area contributed by atoms with E-state index in [4.69, 9.17) is 4.74 Å². The van der Waals surface area contributed by atoms with Crippen LogP contribution in [-0.4, -0.2) is 34.6 Å². The number of nitro groups is 1. The van der Waals surface area contributed by atoms with Crippen molar-refractivity contribution in [1.29, 1.82) is 0 Å². The van der Waals surface area contributed by atoms with Gasteiger partial charge in [-0.15, -0.1) is 0 Å². The third-order valence-electron chi connectivity index (χ3n) is 3.73. The summed E-state index contributed by atoms with van der Waals surface area (Å²) in [6, 6.07) is 4.62. The van der Waals surface area contributed by atoms with Crippen molar-refractivity contribution in [2.45, 2.75) is 12.8 Å². The average Bonchev–Trinajstić information content (AvgIpc) is 2.53. The molecule has 1 aliphatic rings. The van der Waals surface area contributed by atoms with Crippen molar-refractivity contribution >= 4 is 22.4 Å². The fraction of sp³-hybridized carbons (Fsp3) is 0.429. The summed E-state index contributed by atoms with van der Waals surface area (Å²) in [7, 11) is 0. The molecule has 0 spiro atoms. The molecule has 0 aliphatic carbocycles. The lowest BCUT2D eigenvalue weighted by Gasteiger charge is -2.22. The first kappa shape index (κ1) is 13.7. The van der Waals surface area contributed by atoms with Gasteiger partial charge in [0.05, 0.1) is 10.4 Å². The van der Waals surface area contributed by atoms with Crippen molar-refractivity contribution < 1.29 is 9.66 Å². The van der Waals surface area contributed by atoms with Crippen LogP contribution in [0.2, 0.25) is 0 Å². The van der Waals surface area contributed by atoms with E-state index in [0.717, 1.165) is 32.6 Å². The van der Waals surface area contributed by atoms with Crippen LogP contribution in [0.5, 0.6) is 0 Å². The highest BCUT2D eigenvalue weighted by molar-refractivity contribution is 5.90. The fourth-order valence-corrected chi connectivity index (χ4v) is 2.49. The Hall–Kier alpha value is -2.28. The summed E-state index contributed by atoms with van der Waals surface area (Å²) in [5.41, 5.74) is 0.747. The van der Waals surface area contributed by atoms with Crippen LogP contribution in [0, 0.1) is 16.0 Å². The van der Waals surface area contributed by atoms with Gasteiger partial charge in [-0.25, -0.2) is 9.97 Å². The number of fused-ring (bicyclic) bond motifs is 1. The molecule has 0 bridgehead atoms. The minimum absolute atomic E-state index is 0.0476. The van der Waals surface area contributed by atoms with E-state index in [1.165, 1.54) is 18.5 Å². The molecule has 0 saturated carbocycles. The number of ether oxygens (including phenoxy) is 1. The molecule has 1 N–H and O–H groups in total. The van der Waals surface area contributed by atoms with Gasteiger partial charge >= 0.3 is 0 Å². The number of hydrogen-bond acceptors (Lipinski definition) is 6. The lowest BCUT2D eigenvalue weighted by Crippen LogP contribution is -2.23. The highest BCUT2D eigenvalue weighted by Crippen LogP contribution is 2.25. The number of nitro benzene ring substituents is 1. The topological polar surface area (TPSA) is 90.2 Å². The molecule has 7 nitrogen and oxygen atoms in total. The zero-order valence-corrected chi connectivity index (χ0v) is 11.5. The highest BCUT2D eigenvalue weighted by Gasteiger charge is 2.15. The predicted octanol–water partition coefficient (Wildman–Crippen LogP) is 2.38. The monoisotopic (exact) mass is 288 g/mol.